The van der Waals surface area contributed by atoms with Gasteiger partial charge in [-0.25, -0.2) is 8.42 Å². The van der Waals surface area contributed by atoms with E-state index in [4.69, 9.17) is 9.47 Å². The van der Waals surface area contributed by atoms with Gasteiger partial charge in [0.25, 0.3) is 5.91 Å². The second-order valence-electron chi connectivity index (χ2n) is 7.84. The third-order valence-electron chi connectivity index (χ3n) is 5.59. The van der Waals surface area contributed by atoms with Crippen molar-refractivity contribution in [1.29, 1.82) is 0 Å². The maximum atomic E-state index is 13.1. The highest BCUT2D eigenvalue weighted by atomic mass is 32.2. The second kappa shape index (κ2) is 9.80. The topological polar surface area (TPSA) is 105 Å². The predicted molar refractivity (Wildman–Crippen MR) is 123 cm³/mol. The summed E-state index contributed by atoms with van der Waals surface area (Å²) in [5.74, 6) is 0.0163. The maximum absolute atomic E-state index is 13.1. The smallest absolute Gasteiger partial charge is 0.265 e. The first-order valence-corrected chi connectivity index (χ1v) is 12.4. The number of hydrogen-bond donors (Lipinski definition) is 1. The molecule has 1 saturated heterocycles. The molecule has 0 spiro atoms. The molecule has 1 fully saturated rings. The lowest BCUT2D eigenvalue weighted by Crippen LogP contribution is -2.43. The number of para-hydroxylation sites is 2. The van der Waals surface area contributed by atoms with Gasteiger partial charge >= 0.3 is 0 Å². The number of nitrogens with zero attached hydrogens (tertiary/aromatic N) is 2. The Hall–Kier alpha value is -3.11. The van der Waals surface area contributed by atoms with Gasteiger partial charge in [-0.1, -0.05) is 18.6 Å². The zero-order valence-electron chi connectivity index (χ0n) is 18.5. The average Bonchev–Trinajstić information content (AvgIpc) is 2.82. The van der Waals surface area contributed by atoms with Crippen molar-refractivity contribution < 1.29 is 27.5 Å². The highest BCUT2D eigenvalue weighted by Crippen LogP contribution is 2.35. The van der Waals surface area contributed by atoms with Gasteiger partial charge in [-0.05, 0) is 50.1 Å². The Bertz CT molecular complexity index is 1140. The molecule has 33 heavy (non-hydrogen) atoms. The molecule has 0 radical (unpaired) electrons. The van der Waals surface area contributed by atoms with Crippen molar-refractivity contribution in [3.05, 3.63) is 42.5 Å². The van der Waals surface area contributed by atoms with Gasteiger partial charge in [0.2, 0.25) is 15.9 Å². The fourth-order valence-corrected chi connectivity index (χ4v) is 5.49. The molecule has 2 amide bonds. The zero-order valence-corrected chi connectivity index (χ0v) is 19.3. The third-order valence-corrected chi connectivity index (χ3v) is 7.48. The van der Waals surface area contributed by atoms with Crippen LogP contribution in [0.4, 0.5) is 11.4 Å². The molecule has 9 nitrogen and oxygen atoms in total. The summed E-state index contributed by atoms with van der Waals surface area (Å²) in [5.41, 5.74) is 0.754. The predicted octanol–water partition coefficient (Wildman–Crippen LogP) is 2.62. The van der Waals surface area contributed by atoms with Crippen LogP contribution >= 0.6 is 0 Å². The highest BCUT2D eigenvalue weighted by molar-refractivity contribution is 7.89. The highest BCUT2D eigenvalue weighted by Gasteiger charge is 2.32. The molecule has 0 aromatic heterocycles. The van der Waals surface area contributed by atoms with Crippen molar-refractivity contribution in [2.24, 2.45) is 0 Å². The minimum Gasteiger partial charge on any atom is -0.492 e. The van der Waals surface area contributed by atoms with E-state index in [2.05, 4.69) is 5.32 Å². The summed E-state index contributed by atoms with van der Waals surface area (Å²) in [6, 6.07) is 11.5. The number of sulfonamides is 1. The first-order chi connectivity index (χ1) is 15.9. The number of amides is 2. The van der Waals surface area contributed by atoms with E-state index in [1.165, 1.54) is 27.4 Å². The molecule has 1 N–H and O–H groups in total. The maximum Gasteiger partial charge on any atom is 0.265 e. The number of fused-ring (bicyclic) bond motifs is 1. The number of ether oxygens (including phenoxy) is 2. The number of carbonyl (C=O) groups is 2. The molecular weight excluding hydrogens is 446 g/mol. The molecular formula is C23H27N3O6S. The van der Waals surface area contributed by atoms with E-state index in [1.807, 2.05) is 6.92 Å². The fraction of sp³-hybridized carbons (Fsp3) is 0.391. The minimum absolute atomic E-state index is 0.0774. The van der Waals surface area contributed by atoms with Gasteiger partial charge < -0.3 is 14.8 Å². The summed E-state index contributed by atoms with van der Waals surface area (Å²) >= 11 is 0. The molecule has 0 unspecified atom stereocenters. The monoisotopic (exact) mass is 473 g/mol. The van der Waals surface area contributed by atoms with E-state index < -0.39 is 21.8 Å². The quantitative estimate of drug-likeness (QED) is 0.663. The van der Waals surface area contributed by atoms with Crippen LogP contribution in [0.2, 0.25) is 0 Å². The van der Waals surface area contributed by atoms with Crippen LogP contribution in [0.3, 0.4) is 0 Å². The van der Waals surface area contributed by atoms with Crippen LogP contribution in [0, 0.1) is 0 Å². The molecule has 10 heteroatoms. The molecule has 0 bridgehead atoms. The summed E-state index contributed by atoms with van der Waals surface area (Å²) in [4.78, 5) is 26.7. The Labute approximate surface area is 193 Å². The normalized spacial score (nSPS) is 16.6. The summed E-state index contributed by atoms with van der Waals surface area (Å²) in [7, 11) is -3.70. The number of carbonyl (C=O) groups excluding carboxylic acids is 2. The Morgan fingerprint density at radius 2 is 1.88 bits per heavy atom. The second-order valence-corrected chi connectivity index (χ2v) is 9.78. The van der Waals surface area contributed by atoms with Crippen LogP contribution in [0.15, 0.2) is 47.4 Å². The van der Waals surface area contributed by atoms with Gasteiger partial charge in [0, 0.05) is 13.1 Å². The summed E-state index contributed by atoms with van der Waals surface area (Å²) < 4.78 is 38.7. The van der Waals surface area contributed by atoms with Crippen LogP contribution in [0.25, 0.3) is 0 Å². The molecule has 176 valence electrons. The van der Waals surface area contributed by atoms with Crippen LogP contribution in [0.5, 0.6) is 11.5 Å². The van der Waals surface area contributed by atoms with Gasteiger partial charge in [-0.3, -0.25) is 14.5 Å². The Morgan fingerprint density at radius 3 is 2.64 bits per heavy atom. The summed E-state index contributed by atoms with van der Waals surface area (Å²) in [6.45, 7) is 2.71. The van der Waals surface area contributed by atoms with E-state index in [0.717, 1.165) is 19.3 Å². The van der Waals surface area contributed by atoms with Crippen molar-refractivity contribution in [1.82, 2.24) is 4.31 Å². The minimum atomic E-state index is -3.70. The van der Waals surface area contributed by atoms with E-state index in [1.54, 1.807) is 24.3 Å². The molecule has 0 saturated carbocycles. The van der Waals surface area contributed by atoms with E-state index in [9.17, 15) is 18.0 Å². The summed E-state index contributed by atoms with van der Waals surface area (Å²) in [5, 5.41) is 2.77. The molecule has 2 aromatic rings. The van der Waals surface area contributed by atoms with Crippen molar-refractivity contribution in [3.8, 4) is 11.5 Å². The van der Waals surface area contributed by atoms with Gasteiger partial charge in [-0.2, -0.15) is 4.31 Å². The van der Waals surface area contributed by atoms with Crippen molar-refractivity contribution in [2.75, 3.05) is 43.1 Å². The van der Waals surface area contributed by atoms with Crippen LogP contribution in [0.1, 0.15) is 26.2 Å². The third kappa shape index (κ3) is 4.96. The Kier molecular flexibility index (Phi) is 6.85. The lowest BCUT2D eigenvalue weighted by atomic mass is 10.2. The van der Waals surface area contributed by atoms with Crippen LogP contribution in [-0.4, -0.2) is 57.4 Å². The van der Waals surface area contributed by atoms with Gasteiger partial charge in [-0.15, -0.1) is 0 Å². The largest absolute Gasteiger partial charge is 0.492 e. The van der Waals surface area contributed by atoms with E-state index >= 15 is 0 Å². The Balaban J connectivity index is 1.57. The van der Waals surface area contributed by atoms with Gasteiger partial charge in [0.15, 0.2) is 6.61 Å². The van der Waals surface area contributed by atoms with Gasteiger partial charge in [0.1, 0.15) is 18.0 Å². The first kappa shape index (κ1) is 23.1. The van der Waals surface area contributed by atoms with E-state index in [-0.39, 0.29) is 23.7 Å². The number of benzene rings is 2. The van der Waals surface area contributed by atoms with Crippen LogP contribution < -0.4 is 19.7 Å². The molecule has 0 aliphatic carbocycles. The standard InChI is InChI=1S/C23H27N3O6S/c1-2-31-20-9-5-4-8-18(20)24-22(27)15-26-19-14-17(10-11-21(19)32-16-23(26)28)33(29,30)25-12-6-3-7-13-25/h4-5,8-11,14H,2-3,6-7,12-13,15-16H2,1H3,(H,24,27). The lowest BCUT2D eigenvalue weighted by molar-refractivity contribution is -0.123. The number of rotatable bonds is 7. The molecule has 0 atom stereocenters. The lowest BCUT2D eigenvalue weighted by Gasteiger charge is -2.30. The van der Waals surface area contributed by atoms with E-state index in [0.29, 0.717) is 36.9 Å². The first-order valence-electron chi connectivity index (χ1n) is 11.0. The zero-order chi connectivity index (χ0) is 23.4. The number of piperidine rings is 1. The van der Waals surface area contributed by atoms with Crippen molar-refractivity contribution in [3.63, 3.8) is 0 Å². The number of nitrogens with one attached hydrogen (secondary N) is 1. The number of anilines is 2. The van der Waals surface area contributed by atoms with Crippen LogP contribution in [-0.2, 0) is 19.6 Å². The molecule has 2 aliphatic heterocycles. The Morgan fingerprint density at radius 1 is 1.12 bits per heavy atom. The van der Waals surface area contributed by atoms with Crippen molar-refractivity contribution >= 4 is 33.2 Å². The molecule has 2 aromatic carbocycles. The van der Waals surface area contributed by atoms with Gasteiger partial charge in [0.05, 0.1) is 22.9 Å². The fourth-order valence-electron chi connectivity index (χ4n) is 3.95. The number of hydrogen-bond acceptors (Lipinski definition) is 6. The molecule has 2 aliphatic rings. The SMILES string of the molecule is CCOc1ccccc1NC(=O)CN1C(=O)COc2ccc(S(=O)(=O)N3CCCCC3)cc21. The summed E-state index contributed by atoms with van der Waals surface area (Å²) in [6.07, 6.45) is 2.65. The molecule has 2 heterocycles. The van der Waals surface area contributed by atoms with Crippen molar-refractivity contribution in [2.45, 2.75) is 31.1 Å². The molecule has 4 rings (SSSR count). The average molecular weight is 474 g/mol.